The van der Waals surface area contributed by atoms with Gasteiger partial charge in [0.25, 0.3) is 11.8 Å². The molecule has 1 aliphatic carbocycles. The van der Waals surface area contributed by atoms with E-state index in [1.807, 2.05) is 13.8 Å². The predicted molar refractivity (Wildman–Crippen MR) is 113 cm³/mol. The van der Waals surface area contributed by atoms with Crippen LogP contribution in [0.1, 0.15) is 73.1 Å². The molecule has 5 nitrogen and oxygen atoms in total. The number of rotatable bonds is 8. The maximum Gasteiger partial charge on any atom is 0.253 e. The lowest BCUT2D eigenvalue weighted by Crippen LogP contribution is -2.36. The summed E-state index contributed by atoms with van der Waals surface area (Å²) in [6.07, 6.45) is 7.81. The van der Waals surface area contributed by atoms with Gasteiger partial charge in [-0.2, -0.15) is 0 Å². The minimum atomic E-state index is -0.0884. The van der Waals surface area contributed by atoms with Crippen molar-refractivity contribution in [1.29, 1.82) is 0 Å². The quantitative estimate of drug-likeness (QED) is 0.522. The van der Waals surface area contributed by atoms with Crippen molar-refractivity contribution >= 4 is 24.2 Å². The van der Waals surface area contributed by atoms with Crippen LogP contribution < -0.4 is 10.6 Å². The Morgan fingerprint density at radius 2 is 1.48 bits per heavy atom. The maximum atomic E-state index is 12.3. The lowest BCUT2D eigenvalue weighted by atomic mass is 10.1. The molecule has 0 atom stereocenters. The smallest absolute Gasteiger partial charge is 0.253 e. The van der Waals surface area contributed by atoms with E-state index in [0.29, 0.717) is 36.8 Å². The zero-order valence-electron chi connectivity index (χ0n) is 16.6. The Labute approximate surface area is 169 Å². The molecule has 0 bridgehead atoms. The number of hydrogen-bond donors (Lipinski definition) is 2. The molecule has 0 aromatic heterocycles. The SMILES string of the molecule is CCN(CC)C(=O)c1ccc(C(=O)NCCNC2CCCCCC2)cc1.Cl. The van der Waals surface area contributed by atoms with Crippen molar-refractivity contribution in [2.45, 2.75) is 58.4 Å². The Kier molecular flexibility index (Phi) is 11.1. The molecular weight excluding hydrogens is 362 g/mol. The van der Waals surface area contributed by atoms with Crippen LogP contribution in [0, 0.1) is 0 Å². The van der Waals surface area contributed by atoms with Crippen molar-refractivity contribution in [2.24, 2.45) is 0 Å². The van der Waals surface area contributed by atoms with Crippen LogP contribution in [0.5, 0.6) is 0 Å². The molecule has 6 heteroatoms. The molecule has 0 radical (unpaired) electrons. The lowest BCUT2D eigenvalue weighted by Gasteiger charge is -2.18. The Morgan fingerprint density at radius 1 is 0.926 bits per heavy atom. The largest absolute Gasteiger partial charge is 0.351 e. The number of carbonyl (C=O) groups is 2. The molecule has 152 valence electrons. The van der Waals surface area contributed by atoms with Crippen LogP contribution in [0.25, 0.3) is 0 Å². The van der Waals surface area contributed by atoms with Crippen LogP contribution in [-0.4, -0.2) is 48.9 Å². The summed E-state index contributed by atoms with van der Waals surface area (Å²) in [6.45, 7) is 6.72. The van der Waals surface area contributed by atoms with Gasteiger partial charge in [-0.1, -0.05) is 25.7 Å². The third kappa shape index (κ3) is 7.51. The molecule has 2 amide bonds. The first kappa shape index (κ1) is 23.4. The average molecular weight is 396 g/mol. The van der Waals surface area contributed by atoms with Crippen molar-refractivity contribution in [2.75, 3.05) is 26.2 Å². The van der Waals surface area contributed by atoms with E-state index >= 15 is 0 Å². The van der Waals surface area contributed by atoms with E-state index in [1.165, 1.54) is 38.5 Å². The Bertz CT molecular complexity index is 565. The van der Waals surface area contributed by atoms with Crippen molar-refractivity contribution < 1.29 is 9.59 Å². The molecular formula is C21H34ClN3O2. The van der Waals surface area contributed by atoms with Crippen molar-refractivity contribution in [3.63, 3.8) is 0 Å². The number of nitrogens with one attached hydrogen (secondary N) is 2. The second kappa shape index (κ2) is 12.7. The van der Waals surface area contributed by atoms with Gasteiger partial charge in [-0.15, -0.1) is 12.4 Å². The van der Waals surface area contributed by atoms with Gasteiger partial charge in [0, 0.05) is 43.3 Å². The Morgan fingerprint density at radius 3 is 2.04 bits per heavy atom. The first-order chi connectivity index (χ1) is 12.7. The molecule has 0 saturated heterocycles. The molecule has 27 heavy (non-hydrogen) atoms. The van der Waals surface area contributed by atoms with Crippen LogP contribution in [0.3, 0.4) is 0 Å². The third-order valence-electron chi connectivity index (χ3n) is 5.14. The molecule has 1 aromatic rings. The Hall–Kier alpha value is -1.59. The first-order valence-corrected chi connectivity index (χ1v) is 10.1. The van der Waals surface area contributed by atoms with Crippen molar-refractivity contribution in [1.82, 2.24) is 15.5 Å². The van der Waals surface area contributed by atoms with Gasteiger partial charge in [-0.05, 0) is 51.0 Å². The summed E-state index contributed by atoms with van der Waals surface area (Å²) in [6, 6.07) is 7.52. The number of carbonyl (C=O) groups excluding carboxylic acids is 2. The van der Waals surface area contributed by atoms with Crippen LogP contribution in [0.4, 0.5) is 0 Å². The molecule has 1 aromatic carbocycles. The number of hydrogen-bond acceptors (Lipinski definition) is 3. The van der Waals surface area contributed by atoms with Crippen molar-refractivity contribution in [3.8, 4) is 0 Å². The van der Waals surface area contributed by atoms with Crippen LogP contribution in [-0.2, 0) is 0 Å². The molecule has 1 saturated carbocycles. The molecule has 0 aliphatic heterocycles. The summed E-state index contributed by atoms with van der Waals surface area (Å²) in [5, 5.41) is 6.50. The summed E-state index contributed by atoms with van der Waals surface area (Å²) < 4.78 is 0. The maximum absolute atomic E-state index is 12.3. The number of nitrogens with zero attached hydrogens (tertiary/aromatic N) is 1. The molecule has 0 spiro atoms. The normalized spacial score (nSPS) is 14.7. The monoisotopic (exact) mass is 395 g/mol. The predicted octanol–water partition coefficient (Wildman–Crippen LogP) is 3.63. The van der Waals surface area contributed by atoms with E-state index in [4.69, 9.17) is 0 Å². The van der Waals surface area contributed by atoms with Gasteiger partial charge in [-0.3, -0.25) is 9.59 Å². The number of benzene rings is 1. The molecule has 1 fully saturated rings. The van der Waals surface area contributed by atoms with Crippen LogP contribution in [0.15, 0.2) is 24.3 Å². The van der Waals surface area contributed by atoms with E-state index in [2.05, 4.69) is 10.6 Å². The summed E-state index contributed by atoms with van der Waals surface area (Å²) in [7, 11) is 0. The lowest BCUT2D eigenvalue weighted by molar-refractivity contribution is 0.0772. The van der Waals surface area contributed by atoms with Gasteiger partial charge in [-0.25, -0.2) is 0 Å². The summed E-state index contributed by atoms with van der Waals surface area (Å²) in [4.78, 5) is 26.3. The highest BCUT2D eigenvalue weighted by Crippen LogP contribution is 2.16. The fourth-order valence-corrected chi connectivity index (χ4v) is 3.50. The van der Waals surface area contributed by atoms with Crippen molar-refractivity contribution in [3.05, 3.63) is 35.4 Å². The van der Waals surface area contributed by atoms with Gasteiger partial charge >= 0.3 is 0 Å². The summed E-state index contributed by atoms with van der Waals surface area (Å²) >= 11 is 0. The molecule has 2 rings (SSSR count). The molecule has 0 unspecified atom stereocenters. The average Bonchev–Trinajstić information content (AvgIpc) is 2.95. The van der Waals surface area contributed by atoms with Gasteiger partial charge < -0.3 is 15.5 Å². The number of amides is 2. The Balaban J connectivity index is 0.00000364. The van der Waals surface area contributed by atoms with E-state index in [1.54, 1.807) is 29.2 Å². The van der Waals surface area contributed by atoms with E-state index in [0.717, 1.165) is 6.54 Å². The number of halogens is 1. The topological polar surface area (TPSA) is 61.4 Å². The second-order valence-corrected chi connectivity index (χ2v) is 6.95. The highest BCUT2D eigenvalue weighted by atomic mass is 35.5. The first-order valence-electron chi connectivity index (χ1n) is 10.1. The minimum absolute atomic E-state index is 0. The van der Waals surface area contributed by atoms with Gasteiger partial charge in [0.05, 0.1) is 0 Å². The minimum Gasteiger partial charge on any atom is -0.351 e. The standard InChI is InChI=1S/C21H33N3O2.ClH/c1-3-24(4-2)21(26)18-13-11-17(12-14-18)20(25)23-16-15-22-19-9-7-5-6-8-10-19;/h11-14,19,22H,3-10,15-16H2,1-2H3,(H,23,25);1H. The van der Waals surface area contributed by atoms with Gasteiger partial charge in [0.15, 0.2) is 0 Å². The molecule has 0 heterocycles. The highest BCUT2D eigenvalue weighted by molar-refractivity contribution is 5.97. The van der Waals surface area contributed by atoms with Crippen LogP contribution in [0.2, 0.25) is 0 Å². The fourth-order valence-electron chi connectivity index (χ4n) is 3.50. The van der Waals surface area contributed by atoms with Gasteiger partial charge in [0.1, 0.15) is 0 Å². The molecule has 1 aliphatic rings. The van der Waals surface area contributed by atoms with E-state index < -0.39 is 0 Å². The van der Waals surface area contributed by atoms with E-state index in [9.17, 15) is 9.59 Å². The second-order valence-electron chi connectivity index (χ2n) is 6.95. The summed E-state index contributed by atoms with van der Waals surface area (Å²) in [5.74, 6) is -0.0796. The zero-order valence-corrected chi connectivity index (χ0v) is 17.4. The fraction of sp³-hybridized carbons (Fsp3) is 0.619. The zero-order chi connectivity index (χ0) is 18.8. The summed E-state index contributed by atoms with van der Waals surface area (Å²) in [5.41, 5.74) is 1.22. The van der Waals surface area contributed by atoms with Crippen LogP contribution >= 0.6 is 12.4 Å². The van der Waals surface area contributed by atoms with E-state index in [-0.39, 0.29) is 24.2 Å². The third-order valence-corrected chi connectivity index (χ3v) is 5.14. The van der Waals surface area contributed by atoms with Gasteiger partial charge in [0.2, 0.25) is 0 Å². The highest BCUT2D eigenvalue weighted by Gasteiger charge is 2.14. The molecule has 2 N–H and O–H groups in total.